The van der Waals surface area contributed by atoms with Crippen LogP contribution in [0.25, 0.3) is 0 Å². The van der Waals surface area contributed by atoms with E-state index < -0.39 is 0 Å². The predicted octanol–water partition coefficient (Wildman–Crippen LogP) is 2.31. The van der Waals surface area contributed by atoms with Gasteiger partial charge in [-0.3, -0.25) is 9.59 Å². The number of nitrogens with zero attached hydrogens (tertiary/aromatic N) is 2. The molecule has 1 aromatic rings. The maximum Gasteiger partial charge on any atom is 0.227 e. The fraction of sp³-hybridized carbons (Fsp3) is 0.556. The lowest BCUT2D eigenvalue weighted by Crippen LogP contribution is -2.36. The van der Waals surface area contributed by atoms with Crippen molar-refractivity contribution in [3.63, 3.8) is 0 Å². The Morgan fingerprint density at radius 2 is 1.91 bits per heavy atom. The molecule has 2 saturated heterocycles. The Labute approximate surface area is 137 Å². The summed E-state index contributed by atoms with van der Waals surface area (Å²) in [7, 11) is 1.63. The summed E-state index contributed by atoms with van der Waals surface area (Å²) in [4.78, 5) is 28.5. The summed E-state index contributed by atoms with van der Waals surface area (Å²) in [5, 5.41) is 0. The molecule has 0 aromatic heterocycles. The van der Waals surface area contributed by atoms with E-state index in [1.807, 2.05) is 47.9 Å². The van der Waals surface area contributed by atoms with Crippen molar-refractivity contribution in [1.82, 2.24) is 4.90 Å². The minimum atomic E-state index is -0.0818. The third-order valence-electron chi connectivity index (χ3n) is 4.95. The summed E-state index contributed by atoms with van der Waals surface area (Å²) in [5.41, 5.74) is 0.822. The van der Waals surface area contributed by atoms with Gasteiger partial charge in [0.05, 0.1) is 7.11 Å². The van der Waals surface area contributed by atoms with Crippen molar-refractivity contribution in [3.05, 3.63) is 24.3 Å². The zero-order chi connectivity index (χ0) is 16.6. The molecule has 3 rings (SSSR count). The zero-order valence-corrected chi connectivity index (χ0v) is 14.0. The third kappa shape index (κ3) is 2.92. The van der Waals surface area contributed by atoms with Crippen LogP contribution in [0.4, 0.5) is 5.69 Å². The first-order valence-corrected chi connectivity index (χ1v) is 8.17. The van der Waals surface area contributed by atoms with Crippen LogP contribution in [0.1, 0.15) is 26.7 Å². The first-order valence-electron chi connectivity index (χ1n) is 8.17. The summed E-state index contributed by atoms with van der Waals surface area (Å²) in [6.45, 7) is 6.01. The molecule has 0 radical (unpaired) electrons. The number of amides is 2. The maximum absolute atomic E-state index is 12.5. The van der Waals surface area contributed by atoms with E-state index in [4.69, 9.17) is 4.74 Å². The van der Waals surface area contributed by atoms with E-state index in [0.717, 1.165) is 24.4 Å². The SMILES string of the molecule is COc1ccc(N2CC3(CCN(C(=O)C(C)C)C3)CC2=O)cc1. The third-order valence-corrected chi connectivity index (χ3v) is 4.95. The average molecular weight is 316 g/mol. The van der Waals surface area contributed by atoms with E-state index in [1.165, 1.54) is 0 Å². The Balaban J connectivity index is 1.73. The number of anilines is 1. The molecule has 0 saturated carbocycles. The predicted molar refractivity (Wildman–Crippen MR) is 88.4 cm³/mol. The molecule has 23 heavy (non-hydrogen) atoms. The smallest absolute Gasteiger partial charge is 0.227 e. The maximum atomic E-state index is 12.5. The van der Waals surface area contributed by atoms with Crippen molar-refractivity contribution in [2.24, 2.45) is 11.3 Å². The van der Waals surface area contributed by atoms with Crippen LogP contribution in [0.2, 0.25) is 0 Å². The van der Waals surface area contributed by atoms with Gasteiger partial charge in [-0.25, -0.2) is 0 Å². The standard InChI is InChI=1S/C18H24N2O3/c1-13(2)17(22)19-9-8-18(11-19)10-16(21)20(12-18)14-4-6-15(23-3)7-5-14/h4-7,13H,8-12H2,1-3H3. The number of carbonyl (C=O) groups excluding carboxylic acids is 2. The Bertz CT molecular complexity index is 611. The van der Waals surface area contributed by atoms with Crippen molar-refractivity contribution >= 4 is 17.5 Å². The van der Waals surface area contributed by atoms with E-state index >= 15 is 0 Å². The number of ether oxygens (including phenoxy) is 1. The second kappa shape index (κ2) is 5.87. The van der Waals surface area contributed by atoms with Gasteiger partial charge >= 0.3 is 0 Å². The number of likely N-dealkylation sites (tertiary alicyclic amines) is 1. The van der Waals surface area contributed by atoms with Crippen molar-refractivity contribution in [3.8, 4) is 5.75 Å². The summed E-state index contributed by atoms with van der Waals surface area (Å²) < 4.78 is 5.17. The minimum absolute atomic E-state index is 0.0138. The lowest BCUT2D eigenvalue weighted by atomic mass is 9.86. The fourth-order valence-corrected chi connectivity index (χ4v) is 3.65. The Morgan fingerprint density at radius 1 is 1.22 bits per heavy atom. The lowest BCUT2D eigenvalue weighted by molar-refractivity contribution is -0.133. The molecule has 2 amide bonds. The Kier molecular flexibility index (Phi) is 4.04. The zero-order valence-electron chi connectivity index (χ0n) is 14.0. The summed E-state index contributed by atoms with van der Waals surface area (Å²) in [5.74, 6) is 1.14. The molecule has 2 aliphatic rings. The molecule has 5 nitrogen and oxygen atoms in total. The van der Waals surface area contributed by atoms with Gasteiger partial charge in [-0.2, -0.15) is 0 Å². The molecule has 1 unspecified atom stereocenters. The molecule has 1 spiro atoms. The van der Waals surface area contributed by atoms with E-state index in [1.54, 1.807) is 7.11 Å². The van der Waals surface area contributed by atoms with Gasteiger partial charge in [0.2, 0.25) is 11.8 Å². The minimum Gasteiger partial charge on any atom is -0.497 e. The summed E-state index contributed by atoms with van der Waals surface area (Å²) in [6, 6.07) is 7.58. The number of carbonyl (C=O) groups is 2. The molecule has 0 aliphatic carbocycles. The van der Waals surface area contributed by atoms with Crippen molar-refractivity contribution in [2.75, 3.05) is 31.6 Å². The quantitative estimate of drug-likeness (QED) is 0.860. The van der Waals surface area contributed by atoms with Crippen LogP contribution in [-0.2, 0) is 9.59 Å². The van der Waals surface area contributed by atoms with Crippen LogP contribution < -0.4 is 9.64 Å². The first kappa shape index (κ1) is 15.8. The molecule has 0 N–H and O–H groups in total. The van der Waals surface area contributed by atoms with E-state index in [2.05, 4.69) is 0 Å². The lowest BCUT2D eigenvalue weighted by Gasteiger charge is -2.25. The largest absolute Gasteiger partial charge is 0.497 e. The van der Waals surface area contributed by atoms with Gasteiger partial charge in [0.25, 0.3) is 0 Å². The first-order chi connectivity index (χ1) is 10.9. The van der Waals surface area contributed by atoms with Gasteiger partial charge in [-0.15, -0.1) is 0 Å². The number of rotatable bonds is 3. The molecular weight excluding hydrogens is 292 g/mol. The molecule has 0 bridgehead atoms. The number of hydrogen-bond acceptors (Lipinski definition) is 3. The van der Waals surface area contributed by atoms with Gasteiger partial charge in [0, 0.05) is 43.1 Å². The average Bonchev–Trinajstić information content (AvgIpc) is 3.10. The number of hydrogen-bond donors (Lipinski definition) is 0. The van der Waals surface area contributed by atoms with Crippen LogP contribution in [0.5, 0.6) is 5.75 Å². The molecule has 5 heteroatoms. The molecule has 2 fully saturated rings. The Hall–Kier alpha value is -2.04. The molecular formula is C18H24N2O3. The van der Waals surface area contributed by atoms with Crippen LogP contribution in [0.3, 0.4) is 0 Å². The van der Waals surface area contributed by atoms with Crippen molar-refractivity contribution < 1.29 is 14.3 Å². The van der Waals surface area contributed by atoms with Gasteiger partial charge in [0.1, 0.15) is 5.75 Å². The van der Waals surface area contributed by atoms with Gasteiger partial charge in [0.15, 0.2) is 0 Å². The second-order valence-corrected chi connectivity index (χ2v) is 7.02. The molecule has 1 aromatic carbocycles. The van der Waals surface area contributed by atoms with Crippen molar-refractivity contribution in [1.29, 1.82) is 0 Å². The molecule has 1 atom stereocenters. The molecule has 2 aliphatic heterocycles. The summed E-state index contributed by atoms with van der Waals surface area (Å²) >= 11 is 0. The van der Waals surface area contributed by atoms with Gasteiger partial charge in [-0.1, -0.05) is 13.8 Å². The van der Waals surface area contributed by atoms with E-state index in [0.29, 0.717) is 19.5 Å². The van der Waals surface area contributed by atoms with Crippen LogP contribution in [0.15, 0.2) is 24.3 Å². The molecule has 2 heterocycles. The van der Waals surface area contributed by atoms with E-state index in [-0.39, 0.29) is 23.1 Å². The normalized spacial score (nSPS) is 24.1. The van der Waals surface area contributed by atoms with Crippen molar-refractivity contribution in [2.45, 2.75) is 26.7 Å². The van der Waals surface area contributed by atoms with Crippen LogP contribution in [-0.4, -0.2) is 43.5 Å². The highest BCUT2D eigenvalue weighted by Crippen LogP contribution is 2.42. The van der Waals surface area contributed by atoms with Crippen LogP contribution >= 0.6 is 0 Å². The van der Waals surface area contributed by atoms with Gasteiger partial charge in [-0.05, 0) is 30.7 Å². The fourth-order valence-electron chi connectivity index (χ4n) is 3.65. The highest BCUT2D eigenvalue weighted by atomic mass is 16.5. The number of methoxy groups -OCH3 is 1. The second-order valence-electron chi connectivity index (χ2n) is 7.02. The highest BCUT2D eigenvalue weighted by molar-refractivity contribution is 5.96. The summed E-state index contributed by atoms with van der Waals surface area (Å²) in [6.07, 6.45) is 1.44. The Morgan fingerprint density at radius 3 is 2.52 bits per heavy atom. The van der Waals surface area contributed by atoms with Gasteiger partial charge < -0.3 is 14.5 Å². The van der Waals surface area contributed by atoms with Crippen LogP contribution in [0, 0.1) is 11.3 Å². The topological polar surface area (TPSA) is 49.9 Å². The number of benzene rings is 1. The highest BCUT2D eigenvalue weighted by Gasteiger charge is 2.48. The monoisotopic (exact) mass is 316 g/mol. The van der Waals surface area contributed by atoms with E-state index in [9.17, 15) is 9.59 Å². The molecule has 124 valence electrons.